The van der Waals surface area contributed by atoms with E-state index >= 15 is 0 Å². The summed E-state index contributed by atoms with van der Waals surface area (Å²) in [6.07, 6.45) is -0.595. The highest BCUT2D eigenvalue weighted by Gasteiger charge is 2.27. The number of halogens is 2. The van der Waals surface area contributed by atoms with Gasteiger partial charge >= 0.3 is 0 Å². The van der Waals surface area contributed by atoms with Crippen LogP contribution in [0.5, 0.6) is 0 Å². The fraction of sp³-hybridized carbons (Fsp3) is 0.375. The van der Waals surface area contributed by atoms with Gasteiger partial charge in [0.05, 0.1) is 13.2 Å². The average Bonchev–Trinajstić information content (AvgIpc) is 2.57. The molecule has 0 unspecified atom stereocenters. The third-order valence-corrected chi connectivity index (χ3v) is 3.92. The summed E-state index contributed by atoms with van der Waals surface area (Å²) in [6, 6.07) is 4.42. The van der Waals surface area contributed by atoms with Crippen molar-refractivity contribution in [1.82, 2.24) is 10.3 Å². The molecule has 0 spiro atoms. The predicted molar refractivity (Wildman–Crippen MR) is 82.4 cm³/mol. The zero-order valence-electron chi connectivity index (χ0n) is 12.9. The normalized spacial score (nSPS) is 18.3. The first-order valence-electron chi connectivity index (χ1n) is 7.34. The molecule has 2 aromatic rings. The Hall–Kier alpha value is -2.28. The lowest BCUT2D eigenvalue weighted by Crippen LogP contribution is -2.49. The number of nitrogens with zero attached hydrogens (tertiary/aromatic N) is 2. The Balaban J connectivity index is 2.05. The second-order valence-corrected chi connectivity index (χ2v) is 5.46. The third kappa shape index (κ3) is 2.84. The van der Waals surface area contributed by atoms with Gasteiger partial charge in [-0.05, 0) is 25.1 Å². The van der Waals surface area contributed by atoms with Gasteiger partial charge in [0.25, 0.3) is 5.91 Å². The zero-order chi connectivity index (χ0) is 16.6. The standard InChI is InChI=1S/C16H17F2N3O2/c1-9-7-12(10-3-4-11(17)14(18)15(10)20-9)21-5-6-23-13(8-21)16(22)19-2/h3-4,7,13H,5-6,8H2,1-2H3,(H,19,22)/t13-/m0/s1. The van der Waals surface area contributed by atoms with Gasteiger partial charge in [-0.25, -0.2) is 13.8 Å². The van der Waals surface area contributed by atoms with Crippen molar-refractivity contribution < 1.29 is 18.3 Å². The number of nitrogens with one attached hydrogen (secondary N) is 1. The van der Waals surface area contributed by atoms with Crippen LogP contribution in [-0.4, -0.2) is 43.7 Å². The zero-order valence-corrected chi connectivity index (χ0v) is 12.9. The Morgan fingerprint density at radius 2 is 2.22 bits per heavy atom. The molecule has 1 saturated heterocycles. The van der Waals surface area contributed by atoms with E-state index in [-0.39, 0.29) is 11.4 Å². The number of morpholine rings is 1. The van der Waals surface area contributed by atoms with Crippen molar-refractivity contribution in [2.75, 3.05) is 31.6 Å². The van der Waals surface area contributed by atoms with Crippen molar-refractivity contribution in [1.29, 1.82) is 0 Å². The van der Waals surface area contributed by atoms with E-state index in [1.54, 1.807) is 14.0 Å². The van der Waals surface area contributed by atoms with E-state index in [2.05, 4.69) is 10.3 Å². The van der Waals surface area contributed by atoms with Crippen molar-refractivity contribution in [2.45, 2.75) is 13.0 Å². The quantitative estimate of drug-likeness (QED) is 0.916. The van der Waals surface area contributed by atoms with Gasteiger partial charge in [-0.15, -0.1) is 0 Å². The van der Waals surface area contributed by atoms with Crippen LogP contribution in [0.3, 0.4) is 0 Å². The molecule has 122 valence electrons. The molecule has 1 aromatic heterocycles. The summed E-state index contributed by atoms with van der Waals surface area (Å²) in [5.41, 5.74) is 1.31. The molecule has 1 aliphatic heterocycles. The average molecular weight is 321 g/mol. The smallest absolute Gasteiger partial charge is 0.250 e. The summed E-state index contributed by atoms with van der Waals surface area (Å²) in [7, 11) is 1.55. The van der Waals surface area contributed by atoms with Crippen LogP contribution in [0.1, 0.15) is 5.69 Å². The number of ether oxygens (including phenoxy) is 1. The SMILES string of the molecule is CNC(=O)[C@@H]1CN(c2cc(C)nc3c(F)c(F)ccc23)CCO1. The lowest BCUT2D eigenvalue weighted by molar-refractivity contribution is -0.132. The number of rotatable bonds is 2. The van der Waals surface area contributed by atoms with E-state index in [9.17, 15) is 13.6 Å². The molecule has 0 bridgehead atoms. The highest BCUT2D eigenvalue weighted by molar-refractivity contribution is 5.93. The maximum Gasteiger partial charge on any atom is 0.250 e. The molecular weight excluding hydrogens is 304 g/mol. The molecule has 0 radical (unpaired) electrons. The van der Waals surface area contributed by atoms with E-state index in [0.717, 1.165) is 11.8 Å². The van der Waals surface area contributed by atoms with Gasteiger partial charge in [0, 0.05) is 30.4 Å². The topological polar surface area (TPSA) is 54.5 Å². The van der Waals surface area contributed by atoms with Gasteiger partial charge in [-0.2, -0.15) is 0 Å². The molecule has 1 aliphatic rings. The number of fused-ring (bicyclic) bond motifs is 1. The van der Waals surface area contributed by atoms with Gasteiger partial charge < -0.3 is 15.0 Å². The monoisotopic (exact) mass is 321 g/mol. The molecule has 2 heterocycles. The fourth-order valence-corrected chi connectivity index (χ4v) is 2.79. The number of carbonyl (C=O) groups excluding carboxylic acids is 1. The molecule has 1 amide bonds. The fourth-order valence-electron chi connectivity index (χ4n) is 2.79. The van der Waals surface area contributed by atoms with Crippen LogP contribution in [0, 0.1) is 18.6 Å². The minimum atomic E-state index is -0.955. The van der Waals surface area contributed by atoms with Gasteiger partial charge in [-0.1, -0.05) is 0 Å². The number of benzene rings is 1. The summed E-state index contributed by atoms with van der Waals surface area (Å²) in [5.74, 6) is -2.09. The molecule has 1 aromatic carbocycles. The Morgan fingerprint density at radius 3 is 2.96 bits per heavy atom. The highest BCUT2D eigenvalue weighted by atomic mass is 19.2. The van der Waals surface area contributed by atoms with Gasteiger partial charge in [0.1, 0.15) is 5.52 Å². The first-order valence-corrected chi connectivity index (χ1v) is 7.34. The number of hydrogen-bond acceptors (Lipinski definition) is 4. The minimum absolute atomic E-state index is 0.00276. The Kier molecular flexibility index (Phi) is 4.12. The lowest BCUT2D eigenvalue weighted by Gasteiger charge is -2.34. The highest BCUT2D eigenvalue weighted by Crippen LogP contribution is 2.30. The Bertz CT molecular complexity index is 767. The molecule has 23 heavy (non-hydrogen) atoms. The third-order valence-electron chi connectivity index (χ3n) is 3.92. The van der Waals surface area contributed by atoms with Crippen LogP contribution >= 0.6 is 0 Å². The second-order valence-electron chi connectivity index (χ2n) is 5.46. The van der Waals surface area contributed by atoms with E-state index in [1.165, 1.54) is 6.07 Å². The van der Waals surface area contributed by atoms with Crippen LogP contribution in [0.15, 0.2) is 18.2 Å². The van der Waals surface area contributed by atoms with Crippen molar-refractivity contribution in [3.8, 4) is 0 Å². The first-order chi connectivity index (χ1) is 11.0. The van der Waals surface area contributed by atoms with Crippen LogP contribution in [-0.2, 0) is 9.53 Å². The Morgan fingerprint density at radius 1 is 1.43 bits per heavy atom. The van der Waals surface area contributed by atoms with E-state index in [0.29, 0.717) is 30.8 Å². The number of hydrogen-bond donors (Lipinski definition) is 1. The largest absolute Gasteiger partial charge is 0.365 e. The summed E-state index contributed by atoms with van der Waals surface area (Å²) in [5, 5.41) is 3.08. The molecule has 1 N–H and O–H groups in total. The summed E-state index contributed by atoms with van der Waals surface area (Å²) in [4.78, 5) is 17.8. The number of aryl methyl sites for hydroxylation is 1. The van der Waals surface area contributed by atoms with Crippen LogP contribution in [0.4, 0.5) is 14.5 Å². The van der Waals surface area contributed by atoms with Crippen molar-refractivity contribution in [3.05, 3.63) is 35.5 Å². The van der Waals surface area contributed by atoms with Crippen LogP contribution in [0.2, 0.25) is 0 Å². The lowest BCUT2D eigenvalue weighted by atomic mass is 10.1. The molecule has 1 atom stereocenters. The minimum Gasteiger partial charge on any atom is -0.365 e. The van der Waals surface area contributed by atoms with Gasteiger partial charge in [0.2, 0.25) is 0 Å². The van der Waals surface area contributed by atoms with Crippen molar-refractivity contribution >= 4 is 22.5 Å². The molecular formula is C16H17F2N3O2. The van der Waals surface area contributed by atoms with E-state index in [1.807, 2.05) is 11.0 Å². The summed E-state index contributed by atoms with van der Waals surface area (Å²) in [6.45, 7) is 3.01. The Labute approximate surface area is 132 Å². The van der Waals surface area contributed by atoms with E-state index < -0.39 is 17.7 Å². The number of anilines is 1. The predicted octanol–water partition coefficient (Wildman–Crippen LogP) is 1.77. The van der Waals surface area contributed by atoms with Crippen LogP contribution in [0.25, 0.3) is 10.9 Å². The number of pyridine rings is 1. The summed E-state index contributed by atoms with van der Waals surface area (Å²) < 4.78 is 33.0. The first kappa shape index (κ1) is 15.6. The van der Waals surface area contributed by atoms with Crippen molar-refractivity contribution in [3.63, 3.8) is 0 Å². The molecule has 7 heteroatoms. The molecule has 5 nitrogen and oxygen atoms in total. The van der Waals surface area contributed by atoms with Gasteiger partial charge in [-0.3, -0.25) is 4.79 Å². The maximum atomic E-state index is 14.0. The second kappa shape index (κ2) is 6.08. The molecule has 1 fully saturated rings. The molecule has 0 saturated carbocycles. The van der Waals surface area contributed by atoms with Gasteiger partial charge in [0.15, 0.2) is 17.7 Å². The number of carbonyl (C=O) groups is 1. The number of aromatic nitrogens is 1. The maximum absolute atomic E-state index is 14.0. The number of amides is 1. The van der Waals surface area contributed by atoms with E-state index in [4.69, 9.17) is 4.74 Å². The molecule has 3 rings (SSSR count). The van der Waals surface area contributed by atoms with Crippen LogP contribution < -0.4 is 10.2 Å². The number of likely N-dealkylation sites (N-methyl/N-ethyl adjacent to an activating group) is 1. The summed E-state index contributed by atoms with van der Waals surface area (Å²) >= 11 is 0. The van der Waals surface area contributed by atoms with Crippen molar-refractivity contribution in [2.24, 2.45) is 0 Å². The molecule has 0 aliphatic carbocycles.